The third-order valence-electron chi connectivity index (χ3n) is 4.09. The van der Waals surface area contributed by atoms with E-state index in [2.05, 4.69) is 29.2 Å². The first-order valence-corrected chi connectivity index (χ1v) is 8.01. The lowest BCUT2D eigenvalue weighted by molar-refractivity contribution is 0.00953. The molecule has 22 heavy (non-hydrogen) atoms. The van der Waals surface area contributed by atoms with Gasteiger partial charge < -0.3 is 14.6 Å². The molecule has 1 N–H and O–H groups in total. The smallest absolute Gasteiger partial charge is 0.410 e. The first-order valence-electron chi connectivity index (χ1n) is 8.01. The Labute approximate surface area is 131 Å². The Bertz CT molecular complexity index is 669. The number of likely N-dealkylation sites (tertiary alicyclic amines) is 1. The second-order valence-corrected chi connectivity index (χ2v) is 7.01. The van der Waals surface area contributed by atoms with E-state index in [0.717, 1.165) is 31.3 Å². The zero-order chi connectivity index (χ0) is 15.7. The lowest BCUT2D eigenvalue weighted by Crippen LogP contribution is -2.41. The molecule has 0 spiro atoms. The minimum absolute atomic E-state index is 0.114. The molecule has 118 valence electrons. The molecule has 1 aromatic heterocycles. The molecule has 4 heteroatoms. The average Bonchev–Trinajstić information content (AvgIpc) is 2.92. The first-order chi connectivity index (χ1) is 10.4. The van der Waals surface area contributed by atoms with Crippen molar-refractivity contribution in [1.29, 1.82) is 0 Å². The molecule has 2 aromatic rings. The van der Waals surface area contributed by atoms with Crippen LogP contribution in [0.2, 0.25) is 0 Å². The quantitative estimate of drug-likeness (QED) is 0.834. The number of nitrogens with zero attached hydrogens (tertiary/aromatic N) is 1. The van der Waals surface area contributed by atoms with E-state index in [-0.39, 0.29) is 12.1 Å². The molecule has 0 aliphatic carbocycles. The number of benzene rings is 1. The highest BCUT2D eigenvalue weighted by molar-refractivity contribution is 5.80. The summed E-state index contributed by atoms with van der Waals surface area (Å²) in [4.78, 5) is 17.6. The molecule has 1 aliphatic heterocycles. The van der Waals surface area contributed by atoms with E-state index in [1.165, 1.54) is 10.9 Å². The first kappa shape index (κ1) is 14.9. The number of fused-ring (bicyclic) bond motifs is 1. The Balaban J connectivity index is 1.86. The van der Waals surface area contributed by atoms with Crippen molar-refractivity contribution in [3.05, 3.63) is 36.0 Å². The fourth-order valence-electron chi connectivity index (χ4n) is 3.10. The number of carbonyl (C=O) groups is 1. The summed E-state index contributed by atoms with van der Waals surface area (Å²) in [5.74, 6) is 0. The van der Waals surface area contributed by atoms with E-state index < -0.39 is 5.60 Å². The van der Waals surface area contributed by atoms with E-state index in [4.69, 9.17) is 4.74 Å². The van der Waals surface area contributed by atoms with Gasteiger partial charge in [0.25, 0.3) is 0 Å². The summed E-state index contributed by atoms with van der Waals surface area (Å²) in [5, 5.41) is 1.19. The van der Waals surface area contributed by atoms with Crippen LogP contribution in [0, 0.1) is 0 Å². The van der Waals surface area contributed by atoms with Gasteiger partial charge in [0, 0.05) is 18.3 Å². The Hall–Kier alpha value is -1.97. The van der Waals surface area contributed by atoms with Gasteiger partial charge in [-0.1, -0.05) is 6.07 Å². The number of hydrogen-bond acceptors (Lipinski definition) is 2. The molecule has 1 aliphatic rings. The molecule has 4 nitrogen and oxygen atoms in total. The normalized spacial score (nSPS) is 19.4. The van der Waals surface area contributed by atoms with Crippen LogP contribution in [0.1, 0.15) is 51.6 Å². The number of piperidine rings is 1. The van der Waals surface area contributed by atoms with Crippen LogP contribution in [0.3, 0.4) is 0 Å². The van der Waals surface area contributed by atoms with Crippen LogP contribution in [0.15, 0.2) is 30.5 Å². The molecule has 1 atom stereocenters. The van der Waals surface area contributed by atoms with E-state index in [1.54, 1.807) is 0 Å². The van der Waals surface area contributed by atoms with E-state index in [1.807, 2.05) is 31.9 Å². The summed E-state index contributed by atoms with van der Waals surface area (Å²) in [5.41, 5.74) is 1.87. The second-order valence-electron chi connectivity index (χ2n) is 7.01. The topological polar surface area (TPSA) is 45.3 Å². The molecule has 1 unspecified atom stereocenters. The highest BCUT2D eigenvalue weighted by Gasteiger charge is 2.31. The van der Waals surface area contributed by atoms with Crippen LogP contribution in [-0.2, 0) is 4.74 Å². The number of aromatic nitrogens is 1. The maximum atomic E-state index is 12.5. The molecule has 3 rings (SSSR count). The van der Waals surface area contributed by atoms with Gasteiger partial charge in [-0.25, -0.2) is 4.79 Å². The summed E-state index contributed by atoms with van der Waals surface area (Å²) >= 11 is 0. The van der Waals surface area contributed by atoms with Gasteiger partial charge in [-0.15, -0.1) is 0 Å². The highest BCUT2D eigenvalue weighted by Crippen LogP contribution is 2.33. The van der Waals surface area contributed by atoms with Gasteiger partial charge in [-0.05, 0) is 69.2 Å². The van der Waals surface area contributed by atoms with Crippen molar-refractivity contribution in [2.75, 3.05) is 6.54 Å². The second kappa shape index (κ2) is 5.67. The van der Waals surface area contributed by atoms with Crippen LogP contribution in [0.4, 0.5) is 4.79 Å². The molecule has 1 fully saturated rings. The lowest BCUT2D eigenvalue weighted by Gasteiger charge is -2.37. The molecular weight excluding hydrogens is 276 g/mol. The van der Waals surface area contributed by atoms with Gasteiger partial charge in [0.15, 0.2) is 0 Å². The number of carbonyl (C=O) groups excluding carboxylic acids is 1. The van der Waals surface area contributed by atoms with Gasteiger partial charge in [0.05, 0.1) is 6.04 Å². The fraction of sp³-hybridized carbons (Fsp3) is 0.500. The maximum Gasteiger partial charge on any atom is 0.410 e. The van der Waals surface area contributed by atoms with Crippen LogP contribution in [0.5, 0.6) is 0 Å². The third-order valence-corrected chi connectivity index (χ3v) is 4.09. The highest BCUT2D eigenvalue weighted by atomic mass is 16.6. The number of hydrogen-bond donors (Lipinski definition) is 1. The van der Waals surface area contributed by atoms with Gasteiger partial charge in [-0.3, -0.25) is 0 Å². The van der Waals surface area contributed by atoms with E-state index in [0.29, 0.717) is 0 Å². The number of amides is 1. The van der Waals surface area contributed by atoms with Crippen molar-refractivity contribution in [3.63, 3.8) is 0 Å². The maximum absolute atomic E-state index is 12.5. The predicted molar refractivity (Wildman–Crippen MR) is 87.8 cm³/mol. The van der Waals surface area contributed by atoms with Crippen LogP contribution in [0.25, 0.3) is 10.9 Å². The van der Waals surface area contributed by atoms with Crippen molar-refractivity contribution in [3.8, 4) is 0 Å². The summed E-state index contributed by atoms with van der Waals surface area (Å²) in [7, 11) is 0. The molecule has 1 saturated heterocycles. The van der Waals surface area contributed by atoms with Crippen molar-refractivity contribution in [2.24, 2.45) is 0 Å². The number of H-pyrrole nitrogens is 1. The molecule has 0 radical (unpaired) electrons. The Morgan fingerprint density at radius 2 is 2.09 bits per heavy atom. The van der Waals surface area contributed by atoms with Crippen molar-refractivity contribution in [1.82, 2.24) is 9.88 Å². The monoisotopic (exact) mass is 300 g/mol. The number of nitrogens with one attached hydrogen (secondary N) is 1. The Morgan fingerprint density at radius 1 is 1.27 bits per heavy atom. The molecule has 0 saturated carbocycles. The summed E-state index contributed by atoms with van der Waals surface area (Å²) in [6.07, 6.45) is 4.93. The number of aromatic amines is 1. The SMILES string of the molecule is CC(C)(C)OC(=O)N1CCCCC1c1ccc2[nH]ccc2c1. The van der Waals surface area contributed by atoms with Gasteiger partial charge in [0.2, 0.25) is 0 Å². The molecule has 1 amide bonds. The predicted octanol–water partition coefficient (Wildman–Crippen LogP) is 4.63. The summed E-state index contributed by atoms with van der Waals surface area (Å²) in [6, 6.07) is 8.57. The van der Waals surface area contributed by atoms with Gasteiger partial charge in [-0.2, -0.15) is 0 Å². The Kier molecular flexibility index (Phi) is 3.85. The molecular formula is C18H24N2O2. The van der Waals surface area contributed by atoms with E-state index in [9.17, 15) is 4.79 Å². The molecule has 0 bridgehead atoms. The number of ether oxygens (including phenoxy) is 1. The summed E-state index contributed by atoms with van der Waals surface area (Å²) in [6.45, 7) is 6.51. The third kappa shape index (κ3) is 3.11. The van der Waals surface area contributed by atoms with E-state index >= 15 is 0 Å². The van der Waals surface area contributed by atoms with Crippen molar-refractivity contribution < 1.29 is 9.53 Å². The Morgan fingerprint density at radius 3 is 2.86 bits per heavy atom. The van der Waals surface area contributed by atoms with Crippen LogP contribution < -0.4 is 0 Å². The molecule has 2 heterocycles. The standard InChI is InChI=1S/C18H24N2O2/c1-18(2,3)22-17(21)20-11-5-4-6-16(20)14-7-8-15-13(12-14)9-10-19-15/h7-10,12,16,19H,4-6,11H2,1-3H3. The average molecular weight is 300 g/mol. The largest absolute Gasteiger partial charge is 0.444 e. The van der Waals surface area contributed by atoms with Crippen molar-refractivity contribution >= 4 is 17.0 Å². The van der Waals surface area contributed by atoms with Gasteiger partial charge in [0.1, 0.15) is 5.60 Å². The minimum Gasteiger partial charge on any atom is -0.444 e. The van der Waals surface area contributed by atoms with Crippen LogP contribution >= 0.6 is 0 Å². The summed E-state index contributed by atoms with van der Waals surface area (Å²) < 4.78 is 5.58. The van der Waals surface area contributed by atoms with Crippen LogP contribution in [-0.4, -0.2) is 28.1 Å². The zero-order valence-electron chi connectivity index (χ0n) is 13.6. The molecule has 1 aromatic carbocycles. The lowest BCUT2D eigenvalue weighted by atomic mass is 9.95. The number of rotatable bonds is 1. The minimum atomic E-state index is -0.455. The zero-order valence-corrected chi connectivity index (χ0v) is 13.6. The van der Waals surface area contributed by atoms with Gasteiger partial charge >= 0.3 is 6.09 Å². The van der Waals surface area contributed by atoms with Crippen molar-refractivity contribution in [2.45, 2.75) is 51.7 Å². The fourth-order valence-corrected chi connectivity index (χ4v) is 3.10.